The first-order valence-corrected chi connectivity index (χ1v) is 6.29. The molecule has 0 aromatic heterocycles. The summed E-state index contributed by atoms with van der Waals surface area (Å²) in [7, 11) is 2.69. The number of hydrogen-bond donors (Lipinski definition) is 0. The van der Waals surface area contributed by atoms with Crippen LogP contribution in [0.1, 0.15) is 0 Å². The van der Waals surface area contributed by atoms with Crippen LogP contribution in [0, 0.1) is 20.2 Å². The second-order valence-corrected chi connectivity index (χ2v) is 4.29. The topological polar surface area (TPSA) is 114 Å². The molecule has 9 nitrogen and oxygen atoms in total. The summed E-state index contributed by atoms with van der Waals surface area (Å²) in [5.74, 6) is 0.731. The number of nitro groups is 2. The van der Waals surface area contributed by atoms with Crippen molar-refractivity contribution in [2.45, 2.75) is 0 Å². The first-order chi connectivity index (χ1) is 11.0. The molecule has 0 aliphatic heterocycles. The summed E-state index contributed by atoms with van der Waals surface area (Å²) in [5.41, 5.74) is -0.297. The van der Waals surface area contributed by atoms with Gasteiger partial charge in [0.05, 0.1) is 36.2 Å². The average Bonchev–Trinajstić information content (AvgIpc) is 2.55. The van der Waals surface area contributed by atoms with Gasteiger partial charge in [-0.15, -0.1) is 0 Å². The van der Waals surface area contributed by atoms with Gasteiger partial charge in [-0.05, 0) is 12.1 Å². The number of nitrogens with zero attached hydrogens (tertiary/aromatic N) is 2. The Morgan fingerprint density at radius 1 is 0.739 bits per heavy atom. The number of rotatable bonds is 6. The maximum absolute atomic E-state index is 10.8. The largest absolute Gasteiger partial charge is 0.493 e. The van der Waals surface area contributed by atoms with Crippen LogP contribution in [0.2, 0.25) is 0 Å². The lowest BCUT2D eigenvalue weighted by Crippen LogP contribution is -1.96. The second kappa shape index (κ2) is 6.60. The quantitative estimate of drug-likeness (QED) is 0.592. The molecule has 0 fully saturated rings. The van der Waals surface area contributed by atoms with Crippen molar-refractivity contribution in [3.05, 3.63) is 56.6 Å². The van der Waals surface area contributed by atoms with Gasteiger partial charge in [-0.25, -0.2) is 0 Å². The van der Waals surface area contributed by atoms with Gasteiger partial charge in [0.15, 0.2) is 23.0 Å². The predicted molar refractivity (Wildman–Crippen MR) is 79.4 cm³/mol. The molecule has 2 aromatic rings. The summed E-state index contributed by atoms with van der Waals surface area (Å²) in [6, 6.07) is 7.70. The molecular formula is C14H12N2O7. The fraction of sp³-hybridized carbons (Fsp3) is 0.143. The Morgan fingerprint density at radius 2 is 1.13 bits per heavy atom. The molecule has 0 amide bonds. The van der Waals surface area contributed by atoms with E-state index in [1.807, 2.05) is 0 Å². The van der Waals surface area contributed by atoms with Gasteiger partial charge in [0.25, 0.3) is 11.4 Å². The molecule has 0 saturated carbocycles. The molecule has 23 heavy (non-hydrogen) atoms. The summed E-state index contributed by atoms with van der Waals surface area (Å²) in [5, 5.41) is 21.5. The van der Waals surface area contributed by atoms with Gasteiger partial charge in [0.1, 0.15) is 0 Å². The first-order valence-electron chi connectivity index (χ1n) is 6.29. The lowest BCUT2D eigenvalue weighted by Gasteiger charge is -2.12. The highest BCUT2D eigenvalue weighted by atomic mass is 16.6. The van der Waals surface area contributed by atoms with Crippen LogP contribution < -0.4 is 14.2 Å². The van der Waals surface area contributed by atoms with E-state index in [9.17, 15) is 20.2 Å². The van der Waals surface area contributed by atoms with Gasteiger partial charge < -0.3 is 14.2 Å². The molecule has 0 radical (unpaired) electrons. The lowest BCUT2D eigenvalue weighted by molar-refractivity contribution is -0.385. The van der Waals surface area contributed by atoms with Crippen LogP contribution in [-0.4, -0.2) is 24.1 Å². The first kappa shape index (κ1) is 16.0. The molecule has 9 heteroatoms. The maximum Gasteiger partial charge on any atom is 0.273 e. The van der Waals surface area contributed by atoms with E-state index in [-0.39, 0.29) is 34.4 Å². The van der Waals surface area contributed by atoms with Gasteiger partial charge >= 0.3 is 0 Å². The van der Waals surface area contributed by atoms with Crippen LogP contribution in [0.4, 0.5) is 11.4 Å². The molecule has 0 N–H and O–H groups in total. The Hall–Kier alpha value is -3.36. The molecular weight excluding hydrogens is 308 g/mol. The van der Waals surface area contributed by atoms with Crippen molar-refractivity contribution >= 4 is 11.4 Å². The zero-order chi connectivity index (χ0) is 17.0. The Bertz CT molecular complexity index is 697. The third-order valence-corrected chi connectivity index (χ3v) is 2.94. The van der Waals surface area contributed by atoms with Gasteiger partial charge in [-0.3, -0.25) is 20.2 Å². The van der Waals surface area contributed by atoms with Crippen LogP contribution in [0.5, 0.6) is 23.0 Å². The zero-order valence-corrected chi connectivity index (χ0v) is 12.2. The smallest absolute Gasteiger partial charge is 0.273 e. The maximum atomic E-state index is 10.8. The number of benzene rings is 2. The Labute approximate surface area is 130 Å². The fourth-order valence-electron chi connectivity index (χ4n) is 1.83. The number of non-ortho nitro benzene ring substituents is 2. The van der Waals surface area contributed by atoms with Crippen LogP contribution >= 0.6 is 0 Å². The Balaban J connectivity index is 2.39. The monoisotopic (exact) mass is 320 g/mol. The van der Waals surface area contributed by atoms with Crippen molar-refractivity contribution in [1.82, 2.24) is 0 Å². The Kier molecular flexibility index (Phi) is 4.60. The van der Waals surface area contributed by atoms with E-state index in [4.69, 9.17) is 14.2 Å². The van der Waals surface area contributed by atoms with Crippen molar-refractivity contribution in [2.75, 3.05) is 14.2 Å². The summed E-state index contributed by atoms with van der Waals surface area (Å²) in [6.45, 7) is 0. The lowest BCUT2D eigenvalue weighted by atomic mass is 10.2. The van der Waals surface area contributed by atoms with Crippen LogP contribution in [0.25, 0.3) is 0 Å². The molecule has 2 rings (SSSR count). The van der Waals surface area contributed by atoms with E-state index in [2.05, 4.69) is 0 Å². The molecule has 0 spiro atoms. The molecule has 0 heterocycles. The molecule has 120 valence electrons. The number of ether oxygens (including phenoxy) is 3. The fourth-order valence-corrected chi connectivity index (χ4v) is 1.83. The minimum Gasteiger partial charge on any atom is -0.493 e. The van der Waals surface area contributed by atoms with Crippen molar-refractivity contribution in [1.29, 1.82) is 0 Å². The predicted octanol–water partition coefficient (Wildman–Crippen LogP) is 3.31. The standard InChI is InChI=1S/C14H12N2O7/c1-21-13-7-9(15(17)18)3-5-11(13)23-12-6-4-10(16(19)20)8-14(12)22-2/h3-8H,1-2H3. The van der Waals surface area contributed by atoms with E-state index in [0.717, 1.165) is 0 Å². The van der Waals surface area contributed by atoms with E-state index in [1.165, 1.54) is 50.6 Å². The van der Waals surface area contributed by atoms with Crippen LogP contribution in [-0.2, 0) is 0 Å². The SMILES string of the molecule is COc1cc([N+](=O)[O-])ccc1Oc1ccc([N+](=O)[O-])cc1OC. The number of methoxy groups -OCH3 is 2. The van der Waals surface area contributed by atoms with Gasteiger partial charge in [-0.2, -0.15) is 0 Å². The highest BCUT2D eigenvalue weighted by Gasteiger charge is 2.17. The molecule has 0 aliphatic carbocycles. The summed E-state index contributed by atoms with van der Waals surface area (Å²) in [4.78, 5) is 20.4. The van der Waals surface area contributed by atoms with E-state index >= 15 is 0 Å². The van der Waals surface area contributed by atoms with E-state index < -0.39 is 9.85 Å². The minimum absolute atomic E-state index is 0.148. The molecule has 0 unspecified atom stereocenters. The number of hydrogen-bond acceptors (Lipinski definition) is 7. The molecule has 0 saturated heterocycles. The average molecular weight is 320 g/mol. The van der Waals surface area contributed by atoms with Crippen molar-refractivity contribution < 1.29 is 24.1 Å². The molecule has 0 aliphatic rings. The van der Waals surface area contributed by atoms with Crippen LogP contribution in [0.3, 0.4) is 0 Å². The zero-order valence-electron chi connectivity index (χ0n) is 12.2. The van der Waals surface area contributed by atoms with Crippen molar-refractivity contribution in [2.24, 2.45) is 0 Å². The van der Waals surface area contributed by atoms with Gasteiger partial charge in [0.2, 0.25) is 0 Å². The Morgan fingerprint density at radius 3 is 1.43 bits per heavy atom. The summed E-state index contributed by atoms with van der Waals surface area (Å²) in [6.07, 6.45) is 0. The number of nitro benzene ring substituents is 2. The second-order valence-electron chi connectivity index (χ2n) is 4.29. The molecule has 0 atom stereocenters. The van der Waals surface area contributed by atoms with Crippen LogP contribution in [0.15, 0.2) is 36.4 Å². The van der Waals surface area contributed by atoms with Gasteiger partial charge in [-0.1, -0.05) is 0 Å². The third kappa shape index (κ3) is 3.46. The summed E-state index contributed by atoms with van der Waals surface area (Å²) < 4.78 is 15.7. The minimum atomic E-state index is -0.557. The molecule has 2 aromatic carbocycles. The van der Waals surface area contributed by atoms with E-state index in [0.29, 0.717) is 0 Å². The highest BCUT2D eigenvalue weighted by Crippen LogP contribution is 2.39. The van der Waals surface area contributed by atoms with Crippen molar-refractivity contribution in [3.63, 3.8) is 0 Å². The van der Waals surface area contributed by atoms with Gasteiger partial charge in [0, 0.05) is 12.1 Å². The highest BCUT2D eigenvalue weighted by molar-refractivity contribution is 5.54. The van der Waals surface area contributed by atoms with E-state index in [1.54, 1.807) is 0 Å². The third-order valence-electron chi connectivity index (χ3n) is 2.94. The van der Waals surface area contributed by atoms with Crippen molar-refractivity contribution in [3.8, 4) is 23.0 Å². The summed E-state index contributed by atoms with van der Waals surface area (Å²) >= 11 is 0. The normalized spacial score (nSPS) is 10.0. The molecule has 0 bridgehead atoms.